The molecule has 2 aromatic heterocycles. The molecule has 4 aromatic rings. The van der Waals surface area contributed by atoms with Crippen molar-refractivity contribution in [2.45, 2.75) is 12.0 Å². The number of ether oxygens (including phenoxy) is 3. The molecule has 2 N–H and O–H groups in total. The lowest BCUT2D eigenvalue weighted by Crippen LogP contribution is -2.33. The van der Waals surface area contributed by atoms with Crippen LogP contribution < -0.4 is 24.8 Å². The van der Waals surface area contributed by atoms with E-state index in [9.17, 15) is 13.6 Å². The Morgan fingerprint density at radius 1 is 0.973 bits per heavy atom. The maximum atomic E-state index is 14.7. The standard InChI is InChI=1S/C24H20F2N6O5/c1-34-14-7-16(25)20(17(26)8-14)15-10-27-22(33)21(15)30-24-32-31-23(37-24)12-3-5-13(6-4-12)36-19-9-18(35-2)28-11-29-19/h3-9,11,15,21H,10H2,1-2H3,(H,27,33)(H,30,32). The number of carbonyl (C=O) groups is 1. The van der Waals surface area contributed by atoms with Crippen LogP contribution in [-0.2, 0) is 4.79 Å². The van der Waals surface area contributed by atoms with E-state index >= 15 is 0 Å². The van der Waals surface area contributed by atoms with E-state index in [2.05, 4.69) is 30.8 Å². The molecule has 11 nitrogen and oxygen atoms in total. The second-order valence-corrected chi connectivity index (χ2v) is 7.92. The van der Waals surface area contributed by atoms with Gasteiger partial charge in [0.1, 0.15) is 35.5 Å². The Morgan fingerprint density at radius 3 is 2.41 bits per heavy atom. The van der Waals surface area contributed by atoms with Crippen LogP contribution in [0.25, 0.3) is 11.5 Å². The van der Waals surface area contributed by atoms with Gasteiger partial charge in [0.2, 0.25) is 23.6 Å². The van der Waals surface area contributed by atoms with Crippen LogP contribution >= 0.6 is 0 Å². The predicted molar refractivity (Wildman–Crippen MR) is 124 cm³/mol. The summed E-state index contributed by atoms with van der Waals surface area (Å²) in [7, 11) is 2.80. The summed E-state index contributed by atoms with van der Waals surface area (Å²) in [5.74, 6) is -1.59. The second-order valence-electron chi connectivity index (χ2n) is 7.92. The molecule has 1 fully saturated rings. The number of aromatic nitrogens is 4. The minimum absolute atomic E-state index is 0.0251. The van der Waals surface area contributed by atoms with Crippen LogP contribution in [0, 0.1) is 11.6 Å². The van der Waals surface area contributed by atoms with Crippen LogP contribution in [0.2, 0.25) is 0 Å². The van der Waals surface area contributed by atoms with E-state index in [-0.39, 0.29) is 29.8 Å². The lowest BCUT2D eigenvalue weighted by molar-refractivity contribution is -0.119. The van der Waals surface area contributed by atoms with Gasteiger partial charge < -0.3 is 29.3 Å². The first-order valence-electron chi connectivity index (χ1n) is 11.0. The number of carbonyl (C=O) groups excluding carboxylic acids is 1. The van der Waals surface area contributed by atoms with Crippen molar-refractivity contribution in [1.82, 2.24) is 25.5 Å². The Labute approximate surface area is 208 Å². The van der Waals surface area contributed by atoms with Gasteiger partial charge in [-0.2, -0.15) is 0 Å². The highest BCUT2D eigenvalue weighted by molar-refractivity contribution is 5.88. The van der Waals surface area contributed by atoms with Crippen molar-refractivity contribution >= 4 is 11.9 Å². The van der Waals surface area contributed by atoms with E-state index in [1.54, 1.807) is 30.3 Å². The third-order valence-electron chi connectivity index (χ3n) is 5.69. The maximum Gasteiger partial charge on any atom is 0.316 e. The number of rotatable bonds is 8. The van der Waals surface area contributed by atoms with E-state index < -0.39 is 29.5 Å². The fourth-order valence-electron chi connectivity index (χ4n) is 3.90. The summed E-state index contributed by atoms with van der Waals surface area (Å²) in [5.41, 5.74) is 0.334. The van der Waals surface area contributed by atoms with Crippen LogP contribution in [0.15, 0.2) is 53.2 Å². The molecule has 0 saturated carbocycles. The van der Waals surface area contributed by atoms with Crippen molar-refractivity contribution in [1.29, 1.82) is 0 Å². The molecule has 5 rings (SSSR count). The van der Waals surface area contributed by atoms with Gasteiger partial charge in [0.15, 0.2) is 0 Å². The van der Waals surface area contributed by atoms with Crippen molar-refractivity contribution in [3.05, 3.63) is 66.0 Å². The zero-order valence-electron chi connectivity index (χ0n) is 19.6. The Balaban J connectivity index is 1.30. The maximum absolute atomic E-state index is 14.7. The first-order chi connectivity index (χ1) is 17.9. The zero-order valence-corrected chi connectivity index (χ0v) is 19.6. The molecule has 0 aliphatic carbocycles. The SMILES string of the molecule is COc1cc(F)c(C2CNC(=O)C2Nc2nnc(-c3ccc(Oc4cc(OC)ncn4)cc3)o2)c(F)c1. The second kappa shape index (κ2) is 10.0. The molecule has 2 unspecified atom stereocenters. The molecule has 1 aliphatic rings. The van der Waals surface area contributed by atoms with E-state index in [1.165, 1.54) is 20.5 Å². The molecule has 37 heavy (non-hydrogen) atoms. The van der Waals surface area contributed by atoms with Crippen molar-refractivity contribution in [2.24, 2.45) is 0 Å². The minimum Gasteiger partial charge on any atom is -0.497 e. The summed E-state index contributed by atoms with van der Waals surface area (Å²) < 4.78 is 50.6. The highest BCUT2D eigenvalue weighted by Crippen LogP contribution is 2.33. The quantitative estimate of drug-likeness (QED) is 0.364. The summed E-state index contributed by atoms with van der Waals surface area (Å²) in [5, 5.41) is 13.3. The molecule has 1 amide bonds. The fraction of sp³-hybridized carbons (Fsp3) is 0.208. The number of methoxy groups -OCH3 is 2. The van der Waals surface area contributed by atoms with Crippen LogP contribution in [0.1, 0.15) is 11.5 Å². The minimum atomic E-state index is -1.04. The molecule has 1 aliphatic heterocycles. The molecule has 2 aromatic carbocycles. The number of benzene rings is 2. The number of hydrogen-bond acceptors (Lipinski definition) is 10. The van der Waals surface area contributed by atoms with E-state index in [1.807, 2.05) is 0 Å². The van der Waals surface area contributed by atoms with Gasteiger partial charge >= 0.3 is 6.01 Å². The molecule has 3 heterocycles. The average molecular weight is 510 g/mol. The van der Waals surface area contributed by atoms with Crippen LogP contribution in [0.5, 0.6) is 23.3 Å². The molecule has 2 atom stereocenters. The lowest BCUT2D eigenvalue weighted by atomic mass is 9.93. The Morgan fingerprint density at radius 2 is 1.70 bits per heavy atom. The third-order valence-corrected chi connectivity index (χ3v) is 5.69. The van der Waals surface area contributed by atoms with Crippen LogP contribution in [0.3, 0.4) is 0 Å². The molecule has 13 heteroatoms. The van der Waals surface area contributed by atoms with E-state index in [0.717, 1.165) is 12.1 Å². The first kappa shape index (κ1) is 23.9. The summed E-state index contributed by atoms with van der Waals surface area (Å²) >= 11 is 0. The Bertz CT molecular complexity index is 1410. The van der Waals surface area contributed by atoms with Gasteiger partial charge in [-0.05, 0) is 24.3 Å². The van der Waals surface area contributed by atoms with Gasteiger partial charge in [-0.3, -0.25) is 4.79 Å². The van der Waals surface area contributed by atoms with Gasteiger partial charge in [0.25, 0.3) is 0 Å². The van der Waals surface area contributed by atoms with Gasteiger partial charge in [-0.15, -0.1) is 5.10 Å². The van der Waals surface area contributed by atoms with E-state index in [0.29, 0.717) is 23.1 Å². The number of halogens is 2. The number of nitrogens with one attached hydrogen (secondary N) is 2. The zero-order chi connectivity index (χ0) is 25.9. The number of anilines is 1. The van der Waals surface area contributed by atoms with Gasteiger partial charge in [-0.25, -0.2) is 18.7 Å². The average Bonchev–Trinajstić information content (AvgIpc) is 3.51. The van der Waals surface area contributed by atoms with E-state index in [4.69, 9.17) is 18.6 Å². The fourth-order valence-corrected chi connectivity index (χ4v) is 3.90. The van der Waals surface area contributed by atoms with Crippen molar-refractivity contribution in [3.8, 4) is 34.7 Å². The third kappa shape index (κ3) is 4.96. The summed E-state index contributed by atoms with van der Waals surface area (Å²) in [6, 6.07) is 9.30. The first-order valence-corrected chi connectivity index (χ1v) is 11.0. The largest absolute Gasteiger partial charge is 0.497 e. The monoisotopic (exact) mass is 510 g/mol. The predicted octanol–water partition coefficient (Wildman–Crippen LogP) is 3.31. The number of hydrogen-bond donors (Lipinski definition) is 2. The molecule has 1 saturated heterocycles. The normalized spacial score (nSPS) is 16.8. The Hall–Kier alpha value is -4.81. The van der Waals surface area contributed by atoms with Crippen molar-refractivity contribution in [3.63, 3.8) is 0 Å². The van der Waals surface area contributed by atoms with Gasteiger partial charge in [0.05, 0.1) is 20.3 Å². The summed E-state index contributed by atoms with van der Waals surface area (Å²) in [6.07, 6.45) is 1.32. The van der Waals surface area contributed by atoms with Crippen LogP contribution in [-0.4, -0.2) is 52.9 Å². The number of nitrogens with zero attached hydrogens (tertiary/aromatic N) is 4. The molecular weight excluding hydrogens is 490 g/mol. The molecular formula is C24H20F2N6O5. The molecule has 190 valence electrons. The highest BCUT2D eigenvalue weighted by Gasteiger charge is 2.40. The topological polar surface area (TPSA) is 134 Å². The van der Waals surface area contributed by atoms with Gasteiger partial charge in [-0.1, -0.05) is 5.10 Å². The smallest absolute Gasteiger partial charge is 0.316 e. The molecule has 0 radical (unpaired) electrons. The summed E-state index contributed by atoms with van der Waals surface area (Å²) in [6.45, 7) is 0.0251. The molecule has 0 spiro atoms. The van der Waals surface area contributed by atoms with Gasteiger partial charge in [0, 0.05) is 35.7 Å². The van der Waals surface area contributed by atoms with Crippen molar-refractivity contribution < 1.29 is 32.2 Å². The summed E-state index contributed by atoms with van der Waals surface area (Å²) in [4.78, 5) is 20.4. The molecule has 0 bridgehead atoms. The highest BCUT2D eigenvalue weighted by atomic mass is 19.1. The van der Waals surface area contributed by atoms with Crippen molar-refractivity contribution in [2.75, 3.05) is 26.1 Å². The number of amides is 1. The van der Waals surface area contributed by atoms with Crippen LogP contribution in [0.4, 0.5) is 14.8 Å². The Kier molecular flexibility index (Phi) is 6.49. The lowest BCUT2D eigenvalue weighted by Gasteiger charge is -2.19.